The maximum absolute atomic E-state index is 12.1. The molecule has 1 fully saturated rings. The Morgan fingerprint density at radius 1 is 1.41 bits per heavy atom. The molecule has 92 valence electrons. The van der Waals surface area contributed by atoms with E-state index in [0.29, 0.717) is 6.54 Å². The van der Waals surface area contributed by atoms with E-state index < -0.39 is 0 Å². The minimum atomic E-state index is 0.0768. The van der Waals surface area contributed by atoms with Crippen molar-refractivity contribution >= 4 is 21.8 Å². The van der Waals surface area contributed by atoms with E-state index in [1.807, 2.05) is 24.0 Å². The van der Waals surface area contributed by atoms with Crippen molar-refractivity contribution in [1.29, 1.82) is 0 Å². The number of carbonyl (C=O) groups excluding carboxylic acids is 1. The lowest BCUT2D eigenvalue weighted by molar-refractivity contribution is -0.134. The lowest BCUT2D eigenvalue weighted by atomic mass is 10.1. The van der Waals surface area contributed by atoms with Gasteiger partial charge in [-0.2, -0.15) is 0 Å². The summed E-state index contributed by atoms with van der Waals surface area (Å²) in [5, 5.41) is 3.28. The first-order valence-corrected chi connectivity index (χ1v) is 6.70. The zero-order valence-corrected chi connectivity index (χ0v) is 11.5. The zero-order chi connectivity index (χ0) is 12.3. The first-order valence-electron chi connectivity index (χ1n) is 5.91. The van der Waals surface area contributed by atoms with Gasteiger partial charge in [-0.05, 0) is 17.7 Å². The Balaban J connectivity index is 2.06. The molecule has 1 aliphatic rings. The normalized spacial score (nSPS) is 21.4. The molecule has 1 saturated heterocycles. The van der Waals surface area contributed by atoms with E-state index in [9.17, 15) is 4.79 Å². The van der Waals surface area contributed by atoms with E-state index in [1.54, 1.807) is 0 Å². The fraction of sp³-hybridized carbons (Fsp3) is 0.462. The van der Waals surface area contributed by atoms with Crippen LogP contribution in [0.25, 0.3) is 0 Å². The Morgan fingerprint density at radius 3 is 2.82 bits per heavy atom. The summed E-state index contributed by atoms with van der Waals surface area (Å²) in [6.45, 7) is 5.15. The van der Waals surface area contributed by atoms with Crippen LogP contribution in [0.2, 0.25) is 0 Å². The molecule has 1 atom stereocenters. The predicted octanol–water partition coefficient (Wildman–Crippen LogP) is 2.02. The molecule has 0 radical (unpaired) electrons. The SMILES string of the molecule is CC1CNCCN(Cc2ccc(Br)cc2)C1=O. The lowest BCUT2D eigenvalue weighted by Crippen LogP contribution is -2.34. The van der Waals surface area contributed by atoms with Crippen LogP contribution in [0.5, 0.6) is 0 Å². The monoisotopic (exact) mass is 296 g/mol. The number of nitrogens with one attached hydrogen (secondary N) is 1. The fourth-order valence-electron chi connectivity index (χ4n) is 2.01. The molecule has 0 saturated carbocycles. The largest absolute Gasteiger partial charge is 0.337 e. The molecule has 0 aliphatic carbocycles. The van der Waals surface area contributed by atoms with E-state index in [-0.39, 0.29) is 11.8 Å². The van der Waals surface area contributed by atoms with Gasteiger partial charge in [0.15, 0.2) is 0 Å². The maximum atomic E-state index is 12.1. The summed E-state index contributed by atoms with van der Waals surface area (Å²) in [7, 11) is 0. The number of hydrogen-bond acceptors (Lipinski definition) is 2. The van der Waals surface area contributed by atoms with Gasteiger partial charge in [0.2, 0.25) is 5.91 Å². The third-order valence-corrected chi connectivity index (χ3v) is 3.56. The van der Waals surface area contributed by atoms with Gasteiger partial charge in [-0.25, -0.2) is 0 Å². The Bertz CT molecular complexity index is 391. The van der Waals surface area contributed by atoms with Crippen molar-refractivity contribution in [3.63, 3.8) is 0 Å². The number of amides is 1. The smallest absolute Gasteiger partial charge is 0.227 e. The average molecular weight is 297 g/mol. The van der Waals surface area contributed by atoms with E-state index >= 15 is 0 Å². The van der Waals surface area contributed by atoms with Gasteiger partial charge in [-0.1, -0.05) is 35.0 Å². The molecule has 1 unspecified atom stereocenters. The third kappa shape index (κ3) is 3.30. The zero-order valence-electron chi connectivity index (χ0n) is 9.95. The van der Waals surface area contributed by atoms with Gasteiger partial charge in [-0.3, -0.25) is 4.79 Å². The summed E-state index contributed by atoms with van der Waals surface area (Å²) in [6.07, 6.45) is 0. The molecule has 1 aromatic carbocycles. The van der Waals surface area contributed by atoms with Crippen molar-refractivity contribution in [2.45, 2.75) is 13.5 Å². The molecule has 0 spiro atoms. The van der Waals surface area contributed by atoms with Gasteiger partial charge < -0.3 is 10.2 Å². The molecular weight excluding hydrogens is 280 g/mol. The minimum absolute atomic E-state index is 0.0768. The van der Waals surface area contributed by atoms with Gasteiger partial charge >= 0.3 is 0 Å². The summed E-state index contributed by atoms with van der Waals surface area (Å²) in [5.41, 5.74) is 1.18. The predicted molar refractivity (Wildman–Crippen MR) is 71.6 cm³/mol. The molecule has 1 amide bonds. The molecule has 0 bridgehead atoms. The van der Waals surface area contributed by atoms with Crippen LogP contribution in [-0.2, 0) is 11.3 Å². The van der Waals surface area contributed by atoms with Crippen LogP contribution in [-0.4, -0.2) is 30.4 Å². The summed E-state index contributed by atoms with van der Waals surface area (Å²) in [6, 6.07) is 8.14. The van der Waals surface area contributed by atoms with E-state index in [2.05, 4.69) is 33.4 Å². The highest BCUT2D eigenvalue weighted by atomic mass is 79.9. The van der Waals surface area contributed by atoms with Crippen molar-refractivity contribution in [3.8, 4) is 0 Å². The van der Waals surface area contributed by atoms with E-state index in [0.717, 1.165) is 24.1 Å². The van der Waals surface area contributed by atoms with Crippen LogP contribution in [0, 0.1) is 5.92 Å². The standard InChI is InChI=1S/C13H17BrN2O/c1-10-8-15-6-7-16(13(10)17)9-11-2-4-12(14)5-3-11/h2-5,10,15H,6-9H2,1H3. The number of carbonyl (C=O) groups is 1. The molecule has 4 heteroatoms. The summed E-state index contributed by atoms with van der Waals surface area (Å²) >= 11 is 3.41. The fourth-order valence-corrected chi connectivity index (χ4v) is 2.27. The Kier molecular flexibility index (Phi) is 4.18. The Morgan fingerprint density at radius 2 is 2.12 bits per heavy atom. The van der Waals surface area contributed by atoms with Crippen molar-refractivity contribution in [3.05, 3.63) is 34.3 Å². The summed E-state index contributed by atoms with van der Waals surface area (Å²) in [5.74, 6) is 0.325. The number of hydrogen-bond donors (Lipinski definition) is 1. The van der Waals surface area contributed by atoms with Crippen LogP contribution in [0.3, 0.4) is 0 Å². The van der Waals surface area contributed by atoms with Crippen molar-refractivity contribution in [2.24, 2.45) is 5.92 Å². The molecule has 2 rings (SSSR count). The van der Waals surface area contributed by atoms with Gasteiger partial charge in [0.05, 0.1) is 0 Å². The number of halogens is 1. The van der Waals surface area contributed by atoms with Crippen molar-refractivity contribution in [1.82, 2.24) is 10.2 Å². The first kappa shape index (κ1) is 12.6. The van der Waals surface area contributed by atoms with Gasteiger partial charge in [0, 0.05) is 36.6 Å². The molecule has 17 heavy (non-hydrogen) atoms. The topological polar surface area (TPSA) is 32.3 Å². The van der Waals surface area contributed by atoms with Crippen LogP contribution in [0.15, 0.2) is 28.7 Å². The van der Waals surface area contributed by atoms with Crippen LogP contribution >= 0.6 is 15.9 Å². The second-order valence-corrected chi connectivity index (χ2v) is 5.41. The number of nitrogens with zero attached hydrogens (tertiary/aromatic N) is 1. The lowest BCUT2D eigenvalue weighted by Gasteiger charge is -2.22. The highest BCUT2D eigenvalue weighted by Gasteiger charge is 2.22. The highest BCUT2D eigenvalue weighted by Crippen LogP contribution is 2.14. The maximum Gasteiger partial charge on any atom is 0.227 e. The third-order valence-electron chi connectivity index (χ3n) is 3.03. The molecular formula is C13H17BrN2O. The Labute approximate surface area is 110 Å². The second kappa shape index (κ2) is 5.65. The summed E-state index contributed by atoms with van der Waals surface area (Å²) in [4.78, 5) is 14.0. The first-order chi connectivity index (χ1) is 8.16. The van der Waals surface area contributed by atoms with E-state index in [1.165, 1.54) is 5.56 Å². The minimum Gasteiger partial charge on any atom is -0.337 e. The molecule has 0 aromatic heterocycles. The average Bonchev–Trinajstić information content (AvgIpc) is 2.48. The van der Waals surface area contributed by atoms with Crippen LogP contribution < -0.4 is 5.32 Å². The highest BCUT2D eigenvalue weighted by molar-refractivity contribution is 9.10. The molecule has 1 aliphatic heterocycles. The van der Waals surface area contributed by atoms with Gasteiger partial charge in [-0.15, -0.1) is 0 Å². The Hall–Kier alpha value is -0.870. The van der Waals surface area contributed by atoms with Gasteiger partial charge in [0.1, 0.15) is 0 Å². The van der Waals surface area contributed by atoms with Crippen LogP contribution in [0.1, 0.15) is 12.5 Å². The van der Waals surface area contributed by atoms with E-state index in [4.69, 9.17) is 0 Å². The number of benzene rings is 1. The van der Waals surface area contributed by atoms with Crippen molar-refractivity contribution < 1.29 is 4.79 Å². The number of rotatable bonds is 2. The second-order valence-electron chi connectivity index (χ2n) is 4.49. The molecule has 1 aromatic rings. The van der Waals surface area contributed by atoms with Gasteiger partial charge in [0.25, 0.3) is 0 Å². The van der Waals surface area contributed by atoms with Crippen LogP contribution in [0.4, 0.5) is 0 Å². The molecule has 1 N–H and O–H groups in total. The van der Waals surface area contributed by atoms with Crippen molar-refractivity contribution in [2.75, 3.05) is 19.6 Å². The summed E-state index contributed by atoms with van der Waals surface area (Å²) < 4.78 is 1.07. The molecule has 3 nitrogen and oxygen atoms in total. The quantitative estimate of drug-likeness (QED) is 0.906. The molecule has 1 heterocycles.